The molecule has 5 rings (SSSR count). The maximum absolute atomic E-state index is 13.3. The fourth-order valence-corrected chi connectivity index (χ4v) is 6.70. The van der Waals surface area contributed by atoms with Crippen LogP contribution in [0.1, 0.15) is 12.5 Å². The molecule has 8 nitrogen and oxygen atoms in total. The number of carbonyl (C=O) groups excluding carboxylic acids is 1. The molecule has 2 aromatic carbocycles. The van der Waals surface area contributed by atoms with E-state index in [1.807, 2.05) is 0 Å². The smallest absolute Gasteiger partial charge is 0.266 e. The summed E-state index contributed by atoms with van der Waals surface area (Å²) in [6.45, 7) is 4.23. The van der Waals surface area contributed by atoms with Gasteiger partial charge in [0.25, 0.3) is 10.0 Å². The number of benzene rings is 2. The first-order valence-electron chi connectivity index (χ1n) is 10.6. The number of aromatic nitrogens is 3. The first kappa shape index (κ1) is 23.8. The van der Waals surface area contributed by atoms with E-state index >= 15 is 0 Å². The van der Waals surface area contributed by atoms with Crippen molar-refractivity contribution in [3.05, 3.63) is 77.0 Å². The van der Waals surface area contributed by atoms with Crippen molar-refractivity contribution in [2.45, 2.75) is 17.4 Å². The Morgan fingerprint density at radius 2 is 1.91 bits per heavy atom. The zero-order chi connectivity index (χ0) is 24.7. The van der Waals surface area contributed by atoms with E-state index in [0.717, 1.165) is 5.52 Å². The van der Waals surface area contributed by atoms with Gasteiger partial charge in [0.2, 0.25) is 5.91 Å². The van der Waals surface area contributed by atoms with Gasteiger partial charge in [-0.25, -0.2) is 22.7 Å². The first-order chi connectivity index (χ1) is 16.8. The Hall–Kier alpha value is -2.92. The van der Waals surface area contributed by atoms with Crippen LogP contribution < -0.4 is 9.21 Å². The van der Waals surface area contributed by atoms with E-state index in [9.17, 15) is 13.2 Å². The van der Waals surface area contributed by atoms with Gasteiger partial charge in [0.05, 0.1) is 38.8 Å². The van der Waals surface area contributed by atoms with E-state index < -0.39 is 16.1 Å². The van der Waals surface area contributed by atoms with Crippen molar-refractivity contribution in [1.82, 2.24) is 14.5 Å². The fourth-order valence-electron chi connectivity index (χ4n) is 4.11. The van der Waals surface area contributed by atoms with E-state index in [4.69, 9.17) is 23.2 Å². The summed E-state index contributed by atoms with van der Waals surface area (Å²) in [5.74, 6) is -0.109. The van der Waals surface area contributed by atoms with Crippen LogP contribution >= 0.6 is 34.5 Å². The van der Waals surface area contributed by atoms with Crippen molar-refractivity contribution in [3.63, 3.8) is 0 Å². The average molecular weight is 548 g/mol. The van der Waals surface area contributed by atoms with E-state index in [1.54, 1.807) is 51.6 Å². The minimum atomic E-state index is -3.85. The fraction of sp³-hybridized carbons (Fsp3) is 0.174. The summed E-state index contributed by atoms with van der Waals surface area (Å²) in [4.78, 5) is 23.5. The topological polar surface area (TPSA) is 88.4 Å². The highest BCUT2D eigenvalue weighted by molar-refractivity contribution is 7.93. The molecule has 0 aliphatic carbocycles. The minimum Gasteiger partial charge on any atom is -0.318 e. The van der Waals surface area contributed by atoms with Gasteiger partial charge >= 0.3 is 0 Å². The molecule has 0 bridgehead atoms. The second-order valence-corrected chi connectivity index (χ2v) is 11.4. The lowest BCUT2D eigenvalue weighted by Gasteiger charge is -2.21. The Balaban J connectivity index is 1.40. The molecule has 35 heavy (non-hydrogen) atoms. The van der Waals surface area contributed by atoms with Crippen LogP contribution in [0.3, 0.4) is 0 Å². The Labute approximate surface area is 216 Å². The van der Waals surface area contributed by atoms with Gasteiger partial charge in [-0.2, -0.15) is 0 Å². The zero-order valence-corrected chi connectivity index (χ0v) is 21.4. The number of thiazole rings is 1. The molecule has 0 N–H and O–H groups in total. The van der Waals surface area contributed by atoms with Gasteiger partial charge in [0.1, 0.15) is 6.04 Å². The van der Waals surface area contributed by atoms with Gasteiger partial charge in [0, 0.05) is 23.8 Å². The number of rotatable bonds is 7. The molecular weight excluding hydrogens is 529 g/mol. The summed E-state index contributed by atoms with van der Waals surface area (Å²) in [5, 5.41) is 2.87. The van der Waals surface area contributed by atoms with Gasteiger partial charge in [-0.15, -0.1) is 17.9 Å². The normalized spacial score (nSPS) is 16.2. The van der Waals surface area contributed by atoms with Crippen LogP contribution in [0, 0.1) is 0 Å². The molecule has 0 unspecified atom stereocenters. The predicted octanol–water partition coefficient (Wildman–Crippen LogP) is 5.16. The Morgan fingerprint density at radius 1 is 1.17 bits per heavy atom. The van der Waals surface area contributed by atoms with Gasteiger partial charge < -0.3 is 9.47 Å². The number of sulfonamides is 1. The van der Waals surface area contributed by atoms with Gasteiger partial charge in [-0.3, -0.25) is 4.79 Å². The molecule has 0 saturated carbocycles. The molecule has 1 aliphatic rings. The highest BCUT2D eigenvalue weighted by Gasteiger charge is 2.35. The number of hydrogen-bond donors (Lipinski definition) is 0. The summed E-state index contributed by atoms with van der Waals surface area (Å²) in [7, 11) is -3.85. The third-order valence-electron chi connectivity index (χ3n) is 5.79. The minimum absolute atomic E-state index is 0.0952. The SMILES string of the molecule is C=CCN(c1nccs1)S(=O)(=O)c1ccc(N2CC[C@H](n3cnc4cc(Cl)c(Cl)cc43)C2=O)cc1. The van der Waals surface area contributed by atoms with E-state index in [-0.39, 0.29) is 17.3 Å². The molecule has 1 aliphatic heterocycles. The maximum atomic E-state index is 13.3. The van der Waals surface area contributed by atoms with Crippen LogP contribution in [0.5, 0.6) is 0 Å². The second-order valence-electron chi connectivity index (χ2n) is 7.83. The molecule has 0 spiro atoms. The third kappa shape index (κ3) is 4.20. The molecule has 12 heteroatoms. The number of amides is 1. The summed E-state index contributed by atoms with van der Waals surface area (Å²) in [6.07, 6.45) is 5.25. The average Bonchev–Trinajstić information content (AvgIpc) is 3.58. The van der Waals surface area contributed by atoms with Crippen LogP contribution in [-0.4, -0.2) is 41.9 Å². The number of hydrogen-bond acceptors (Lipinski definition) is 6. The highest BCUT2D eigenvalue weighted by atomic mass is 35.5. The molecule has 180 valence electrons. The van der Waals surface area contributed by atoms with Crippen molar-refractivity contribution in [2.24, 2.45) is 0 Å². The molecule has 0 radical (unpaired) electrons. The summed E-state index contributed by atoms with van der Waals surface area (Å²) in [5.41, 5.74) is 2.00. The molecule has 1 amide bonds. The first-order valence-corrected chi connectivity index (χ1v) is 13.6. The summed E-state index contributed by atoms with van der Waals surface area (Å²) < 4.78 is 29.5. The van der Waals surface area contributed by atoms with Crippen molar-refractivity contribution in [1.29, 1.82) is 0 Å². The van der Waals surface area contributed by atoms with E-state index in [0.29, 0.717) is 39.3 Å². The van der Waals surface area contributed by atoms with Crippen molar-refractivity contribution in [3.8, 4) is 0 Å². The number of fused-ring (bicyclic) bond motifs is 1. The molecular formula is C23H19Cl2N5O3S2. The summed E-state index contributed by atoms with van der Waals surface area (Å²) >= 11 is 13.5. The van der Waals surface area contributed by atoms with Crippen molar-refractivity contribution in [2.75, 3.05) is 22.3 Å². The Bertz CT molecular complexity index is 1520. The Morgan fingerprint density at radius 3 is 2.60 bits per heavy atom. The standard InChI is InChI=1S/C23H19Cl2N5O3S2/c1-2-9-30(23-26-8-11-34-23)35(32,33)16-5-3-15(4-6-16)28-10-7-20(22(28)31)29-14-27-19-12-17(24)18(25)13-21(19)29/h2-6,8,11-14,20H,1,7,9-10H2/t20-/m0/s1. The second kappa shape index (κ2) is 9.27. The molecule has 3 heterocycles. The van der Waals surface area contributed by atoms with Crippen LogP contribution in [-0.2, 0) is 14.8 Å². The molecule has 4 aromatic rings. The number of imidazole rings is 1. The zero-order valence-electron chi connectivity index (χ0n) is 18.2. The predicted molar refractivity (Wildman–Crippen MR) is 139 cm³/mol. The number of nitrogens with zero attached hydrogens (tertiary/aromatic N) is 5. The summed E-state index contributed by atoms with van der Waals surface area (Å²) in [6, 6.07) is 9.22. The molecule has 1 fully saturated rings. The third-order valence-corrected chi connectivity index (χ3v) is 9.20. The largest absolute Gasteiger partial charge is 0.318 e. The number of halogens is 2. The van der Waals surface area contributed by atoms with Gasteiger partial charge in [-0.1, -0.05) is 29.3 Å². The van der Waals surface area contributed by atoms with Crippen molar-refractivity contribution >= 4 is 72.3 Å². The van der Waals surface area contributed by atoms with Crippen LogP contribution in [0.2, 0.25) is 10.0 Å². The van der Waals surface area contributed by atoms with Gasteiger partial charge in [0.15, 0.2) is 5.13 Å². The number of anilines is 2. The molecule has 1 saturated heterocycles. The lowest BCUT2D eigenvalue weighted by molar-refractivity contribution is -0.119. The highest BCUT2D eigenvalue weighted by Crippen LogP contribution is 2.34. The quantitative estimate of drug-likeness (QED) is 0.298. The van der Waals surface area contributed by atoms with Gasteiger partial charge in [-0.05, 0) is 42.8 Å². The Kier molecular flexibility index (Phi) is 6.30. The van der Waals surface area contributed by atoms with E-state index in [2.05, 4.69) is 16.5 Å². The number of carbonyl (C=O) groups is 1. The maximum Gasteiger partial charge on any atom is 0.266 e. The molecule has 2 aromatic heterocycles. The van der Waals surface area contributed by atoms with Crippen LogP contribution in [0.15, 0.2) is 71.9 Å². The lowest BCUT2D eigenvalue weighted by atomic mass is 10.2. The lowest BCUT2D eigenvalue weighted by Crippen LogP contribution is -2.31. The van der Waals surface area contributed by atoms with Crippen LogP contribution in [0.4, 0.5) is 10.8 Å². The molecule has 1 atom stereocenters. The van der Waals surface area contributed by atoms with E-state index in [1.165, 1.54) is 33.9 Å². The van der Waals surface area contributed by atoms with Crippen LogP contribution in [0.25, 0.3) is 11.0 Å². The van der Waals surface area contributed by atoms with Crippen molar-refractivity contribution < 1.29 is 13.2 Å². The monoisotopic (exact) mass is 547 g/mol.